The Morgan fingerprint density at radius 3 is 2.48 bits per heavy atom. The van der Waals surface area contributed by atoms with E-state index in [2.05, 4.69) is 10.3 Å². The lowest BCUT2D eigenvalue weighted by molar-refractivity contribution is 0.0513. The van der Waals surface area contributed by atoms with Gasteiger partial charge >= 0.3 is 0 Å². The van der Waals surface area contributed by atoms with E-state index < -0.39 is 0 Å². The summed E-state index contributed by atoms with van der Waals surface area (Å²) in [7, 11) is 0. The largest absolute Gasteiger partial charge is 0.381 e. The Bertz CT molecular complexity index is 854. The van der Waals surface area contributed by atoms with E-state index in [0.717, 1.165) is 37.3 Å². The van der Waals surface area contributed by atoms with Crippen molar-refractivity contribution in [3.05, 3.63) is 84.4 Å². The van der Waals surface area contributed by atoms with E-state index in [1.165, 1.54) is 0 Å². The number of hydrogen-bond donors (Lipinski definition) is 1. The second-order valence-corrected chi connectivity index (χ2v) is 6.82. The number of benzene rings is 1. The fourth-order valence-corrected chi connectivity index (χ4v) is 3.60. The fourth-order valence-electron chi connectivity index (χ4n) is 3.60. The van der Waals surface area contributed by atoms with Crippen LogP contribution in [0.4, 0.5) is 0 Å². The quantitative estimate of drug-likeness (QED) is 0.753. The average Bonchev–Trinajstić information content (AvgIpc) is 3.28. The van der Waals surface area contributed by atoms with Crippen LogP contribution in [-0.2, 0) is 4.74 Å². The predicted molar refractivity (Wildman–Crippen MR) is 104 cm³/mol. The number of nitrogens with zero attached hydrogens (tertiary/aromatic N) is 2. The highest BCUT2D eigenvalue weighted by Crippen LogP contribution is 2.30. The highest BCUT2D eigenvalue weighted by atomic mass is 16.5. The number of rotatable bonds is 5. The van der Waals surface area contributed by atoms with Crippen LogP contribution >= 0.6 is 0 Å². The van der Waals surface area contributed by atoms with Crippen LogP contribution in [-0.4, -0.2) is 28.7 Å². The number of nitrogens with one attached hydrogen (secondary N) is 1. The monoisotopic (exact) mass is 361 g/mol. The zero-order chi connectivity index (χ0) is 18.5. The molecule has 1 saturated heterocycles. The highest BCUT2D eigenvalue weighted by Gasteiger charge is 2.27. The zero-order valence-electron chi connectivity index (χ0n) is 15.1. The zero-order valence-corrected chi connectivity index (χ0v) is 15.1. The second kappa shape index (κ2) is 8.18. The lowest BCUT2D eigenvalue weighted by atomic mass is 9.87. The van der Waals surface area contributed by atoms with Gasteiger partial charge in [0.05, 0.1) is 6.04 Å². The van der Waals surface area contributed by atoms with E-state index in [4.69, 9.17) is 4.74 Å². The van der Waals surface area contributed by atoms with Crippen LogP contribution in [0, 0.1) is 5.92 Å². The Kier molecular flexibility index (Phi) is 5.30. The molecule has 4 rings (SSSR count). The van der Waals surface area contributed by atoms with Gasteiger partial charge in [0.15, 0.2) is 0 Å². The van der Waals surface area contributed by atoms with E-state index in [1.807, 2.05) is 71.7 Å². The molecule has 0 aliphatic carbocycles. The molecule has 1 unspecified atom stereocenters. The number of carbonyl (C=O) groups excluding carboxylic acids is 1. The van der Waals surface area contributed by atoms with Crippen LogP contribution in [0.15, 0.2) is 73.3 Å². The molecule has 1 atom stereocenters. The summed E-state index contributed by atoms with van der Waals surface area (Å²) in [5.41, 5.74) is 2.73. The maximum absolute atomic E-state index is 12.9. The number of hydrogen-bond acceptors (Lipinski definition) is 3. The molecule has 1 amide bonds. The van der Waals surface area contributed by atoms with E-state index >= 15 is 0 Å². The molecule has 138 valence electrons. The lowest BCUT2D eigenvalue weighted by Gasteiger charge is -2.31. The minimum atomic E-state index is -0.0607. The Hall–Kier alpha value is -2.92. The van der Waals surface area contributed by atoms with Gasteiger partial charge in [-0.3, -0.25) is 9.78 Å². The molecule has 3 heterocycles. The van der Waals surface area contributed by atoms with Gasteiger partial charge < -0.3 is 14.6 Å². The molecule has 1 N–H and O–H groups in total. The summed E-state index contributed by atoms with van der Waals surface area (Å²) in [5, 5.41) is 3.23. The van der Waals surface area contributed by atoms with Gasteiger partial charge in [0.2, 0.25) is 0 Å². The first-order valence-corrected chi connectivity index (χ1v) is 9.33. The molecule has 0 bridgehead atoms. The van der Waals surface area contributed by atoms with Gasteiger partial charge in [-0.2, -0.15) is 0 Å². The fraction of sp³-hybridized carbons (Fsp3) is 0.273. The number of amides is 1. The Morgan fingerprint density at radius 2 is 1.81 bits per heavy atom. The third-order valence-corrected chi connectivity index (χ3v) is 5.10. The molecular formula is C22H23N3O2. The molecule has 27 heavy (non-hydrogen) atoms. The maximum Gasteiger partial charge on any atom is 0.251 e. The number of pyridine rings is 1. The smallest absolute Gasteiger partial charge is 0.251 e. The Balaban J connectivity index is 1.52. The van der Waals surface area contributed by atoms with Gasteiger partial charge in [0, 0.05) is 49.3 Å². The van der Waals surface area contributed by atoms with Crippen LogP contribution in [0.2, 0.25) is 0 Å². The molecule has 2 aromatic heterocycles. The van der Waals surface area contributed by atoms with E-state index in [9.17, 15) is 4.79 Å². The van der Waals surface area contributed by atoms with E-state index in [-0.39, 0.29) is 11.9 Å². The third-order valence-electron chi connectivity index (χ3n) is 5.10. The molecule has 0 radical (unpaired) electrons. The average molecular weight is 361 g/mol. The topological polar surface area (TPSA) is 56.1 Å². The van der Waals surface area contributed by atoms with Crippen molar-refractivity contribution in [1.82, 2.24) is 14.9 Å². The van der Waals surface area contributed by atoms with Crippen molar-refractivity contribution in [3.63, 3.8) is 0 Å². The van der Waals surface area contributed by atoms with E-state index in [1.54, 1.807) is 6.20 Å². The van der Waals surface area contributed by atoms with Gasteiger partial charge in [-0.25, -0.2) is 0 Å². The van der Waals surface area contributed by atoms with Crippen molar-refractivity contribution in [1.29, 1.82) is 0 Å². The number of ether oxygens (including phenoxy) is 1. The second-order valence-electron chi connectivity index (χ2n) is 6.82. The molecule has 1 aromatic carbocycles. The van der Waals surface area contributed by atoms with Gasteiger partial charge in [-0.15, -0.1) is 0 Å². The summed E-state index contributed by atoms with van der Waals surface area (Å²) >= 11 is 0. The normalized spacial score (nSPS) is 16.0. The van der Waals surface area contributed by atoms with E-state index in [0.29, 0.717) is 11.5 Å². The van der Waals surface area contributed by atoms with Gasteiger partial charge in [-0.05, 0) is 66.8 Å². The van der Waals surface area contributed by atoms with Crippen molar-refractivity contribution < 1.29 is 9.53 Å². The van der Waals surface area contributed by atoms with Gasteiger partial charge in [0.1, 0.15) is 0 Å². The highest BCUT2D eigenvalue weighted by molar-refractivity contribution is 5.94. The maximum atomic E-state index is 12.9. The standard InChI is InChI=1S/C22H23N3O2/c26-22(18-5-7-20(8-6-18)25-12-1-2-13-25)24-21(17-9-14-27-15-10-17)19-4-3-11-23-16-19/h1-8,11-13,16-17,21H,9-10,14-15H2,(H,24,26). The molecule has 5 heteroatoms. The minimum absolute atomic E-state index is 0.0563. The number of carbonyl (C=O) groups is 1. The summed E-state index contributed by atoms with van der Waals surface area (Å²) in [6.45, 7) is 1.48. The summed E-state index contributed by atoms with van der Waals surface area (Å²) in [5.74, 6) is 0.292. The van der Waals surface area contributed by atoms with Crippen molar-refractivity contribution in [2.75, 3.05) is 13.2 Å². The predicted octanol–water partition coefficient (Wildman–Crippen LogP) is 3.77. The SMILES string of the molecule is O=C(NC(c1cccnc1)C1CCOCC1)c1ccc(-n2cccc2)cc1. The summed E-state index contributed by atoms with van der Waals surface area (Å²) < 4.78 is 7.51. The van der Waals surface area contributed by atoms with Gasteiger partial charge in [0.25, 0.3) is 5.91 Å². The van der Waals surface area contributed by atoms with Crippen molar-refractivity contribution in [3.8, 4) is 5.69 Å². The summed E-state index contributed by atoms with van der Waals surface area (Å²) in [6.07, 6.45) is 9.44. The Morgan fingerprint density at radius 1 is 1.07 bits per heavy atom. The van der Waals surface area contributed by atoms with Crippen molar-refractivity contribution in [2.45, 2.75) is 18.9 Å². The number of aromatic nitrogens is 2. The van der Waals surface area contributed by atoms with Crippen LogP contribution in [0.1, 0.15) is 34.8 Å². The van der Waals surface area contributed by atoms with Crippen LogP contribution in [0.5, 0.6) is 0 Å². The van der Waals surface area contributed by atoms with Crippen LogP contribution in [0.3, 0.4) is 0 Å². The van der Waals surface area contributed by atoms with Crippen molar-refractivity contribution >= 4 is 5.91 Å². The van der Waals surface area contributed by atoms with Crippen LogP contribution in [0.25, 0.3) is 5.69 Å². The van der Waals surface area contributed by atoms with Gasteiger partial charge in [-0.1, -0.05) is 6.07 Å². The molecule has 0 saturated carbocycles. The minimum Gasteiger partial charge on any atom is -0.381 e. The molecular weight excluding hydrogens is 338 g/mol. The molecule has 0 spiro atoms. The molecule has 3 aromatic rings. The van der Waals surface area contributed by atoms with Crippen LogP contribution < -0.4 is 5.32 Å². The molecule has 1 aliphatic rings. The molecule has 5 nitrogen and oxygen atoms in total. The molecule has 1 aliphatic heterocycles. The third kappa shape index (κ3) is 4.09. The first kappa shape index (κ1) is 17.5. The lowest BCUT2D eigenvalue weighted by Crippen LogP contribution is -2.36. The van der Waals surface area contributed by atoms with Crippen molar-refractivity contribution in [2.24, 2.45) is 5.92 Å². The first-order chi connectivity index (χ1) is 13.3. The summed E-state index contributed by atoms with van der Waals surface area (Å²) in [6, 6.07) is 15.5. The summed E-state index contributed by atoms with van der Waals surface area (Å²) in [4.78, 5) is 17.1. The Labute approximate surface area is 159 Å². The molecule has 1 fully saturated rings. The first-order valence-electron chi connectivity index (χ1n) is 9.33.